The molecule has 1 aromatic carbocycles. The number of pyridine rings is 1. The Morgan fingerprint density at radius 2 is 1.72 bits per heavy atom. The zero-order valence-electron chi connectivity index (χ0n) is 16.5. The van der Waals surface area contributed by atoms with Gasteiger partial charge >= 0.3 is 0 Å². The van der Waals surface area contributed by atoms with Gasteiger partial charge in [0.05, 0.1) is 18.7 Å². The maximum Gasteiger partial charge on any atom is 0.254 e. The Balaban J connectivity index is 1.69. The van der Waals surface area contributed by atoms with Gasteiger partial charge in [0.25, 0.3) is 5.91 Å². The molecule has 29 heavy (non-hydrogen) atoms. The minimum absolute atomic E-state index is 0.0259. The molecule has 0 aliphatic carbocycles. The van der Waals surface area contributed by atoms with Crippen molar-refractivity contribution in [3.8, 4) is 0 Å². The van der Waals surface area contributed by atoms with E-state index < -0.39 is 0 Å². The number of nitrogens with zero attached hydrogens (tertiary/aromatic N) is 4. The lowest BCUT2D eigenvalue weighted by Gasteiger charge is -2.36. The molecule has 2 aromatic rings. The Labute approximate surface area is 169 Å². The number of carbonyl (C=O) groups excluding carboxylic acids is 3. The largest absolute Gasteiger partial charge is 0.378 e. The Kier molecular flexibility index (Phi) is 5.44. The van der Waals surface area contributed by atoms with Crippen LogP contribution in [0.1, 0.15) is 27.8 Å². The second-order valence-corrected chi connectivity index (χ2v) is 7.31. The third kappa shape index (κ3) is 3.93. The third-order valence-electron chi connectivity index (χ3n) is 5.54. The van der Waals surface area contributed by atoms with Crippen molar-refractivity contribution in [2.75, 3.05) is 57.4 Å². The van der Waals surface area contributed by atoms with Crippen molar-refractivity contribution in [3.05, 3.63) is 35.5 Å². The molecular formula is C21H24N4O4. The van der Waals surface area contributed by atoms with Crippen LogP contribution in [0, 0.1) is 0 Å². The smallest absolute Gasteiger partial charge is 0.254 e. The molecule has 2 amide bonds. The van der Waals surface area contributed by atoms with Crippen LogP contribution in [-0.2, 0) is 9.53 Å². The topological polar surface area (TPSA) is 83.1 Å². The van der Waals surface area contributed by atoms with Gasteiger partial charge in [-0.15, -0.1) is 0 Å². The number of ether oxygens (including phenoxy) is 1. The number of piperazine rings is 1. The van der Waals surface area contributed by atoms with E-state index >= 15 is 0 Å². The van der Waals surface area contributed by atoms with Crippen LogP contribution in [0.3, 0.4) is 0 Å². The normalized spacial score (nSPS) is 17.5. The summed E-state index contributed by atoms with van der Waals surface area (Å²) >= 11 is 0. The first kappa shape index (κ1) is 19.3. The predicted octanol–water partition coefficient (Wildman–Crippen LogP) is 1.19. The number of hydrogen-bond donors (Lipinski definition) is 0. The van der Waals surface area contributed by atoms with Crippen LogP contribution in [0.2, 0.25) is 0 Å². The fraction of sp³-hybridized carbons (Fsp3) is 0.429. The van der Waals surface area contributed by atoms with Crippen LogP contribution in [0.5, 0.6) is 0 Å². The zero-order chi connectivity index (χ0) is 20.4. The van der Waals surface area contributed by atoms with Gasteiger partial charge in [0.1, 0.15) is 5.69 Å². The molecule has 2 aliphatic heterocycles. The maximum absolute atomic E-state index is 12.9. The molecule has 8 heteroatoms. The second-order valence-electron chi connectivity index (χ2n) is 7.31. The number of carbonyl (C=O) groups is 3. The predicted molar refractivity (Wildman–Crippen MR) is 108 cm³/mol. The van der Waals surface area contributed by atoms with Crippen molar-refractivity contribution in [2.24, 2.45) is 0 Å². The Morgan fingerprint density at radius 3 is 2.38 bits per heavy atom. The number of rotatable bonds is 3. The molecule has 0 unspecified atom stereocenters. The highest BCUT2D eigenvalue weighted by atomic mass is 16.5. The van der Waals surface area contributed by atoms with Gasteiger partial charge in [-0.05, 0) is 24.3 Å². The summed E-state index contributed by atoms with van der Waals surface area (Å²) in [7, 11) is 0. The summed E-state index contributed by atoms with van der Waals surface area (Å²) in [5.41, 5.74) is 2.51. The molecule has 152 valence electrons. The van der Waals surface area contributed by atoms with E-state index in [-0.39, 0.29) is 11.8 Å². The van der Waals surface area contributed by atoms with E-state index in [0.717, 1.165) is 17.4 Å². The molecule has 2 saturated heterocycles. The zero-order valence-corrected chi connectivity index (χ0v) is 16.5. The highest BCUT2D eigenvalue weighted by Crippen LogP contribution is 2.29. The van der Waals surface area contributed by atoms with Gasteiger partial charge in [-0.25, -0.2) is 4.98 Å². The number of anilines is 1. The summed E-state index contributed by atoms with van der Waals surface area (Å²) in [6.45, 7) is 6.43. The van der Waals surface area contributed by atoms with Crippen LogP contribution < -0.4 is 4.90 Å². The van der Waals surface area contributed by atoms with Crippen LogP contribution >= 0.6 is 0 Å². The first-order valence-electron chi connectivity index (χ1n) is 9.84. The molecule has 3 heterocycles. The van der Waals surface area contributed by atoms with Gasteiger partial charge in [0.2, 0.25) is 5.91 Å². The second kappa shape index (κ2) is 8.16. The highest BCUT2D eigenvalue weighted by molar-refractivity contribution is 6.02. The van der Waals surface area contributed by atoms with Crippen molar-refractivity contribution in [1.82, 2.24) is 14.8 Å². The monoisotopic (exact) mass is 396 g/mol. The molecular weight excluding hydrogens is 372 g/mol. The summed E-state index contributed by atoms with van der Waals surface area (Å²) in [5, 5.41) is 0.839. The van der Waals surface area contributed by atoms with Crippen molar-refractivity contribution in [1.29, 1.82) is 0 Å². The standard InChI is InChI=1S/C21H24N4O4/c1-15(27)23-4-6-24(7-5-23)20-13-17(14-26)22-19-3-2-16(12-18(19)20)21(28)25-8-10-29-11-9-25/h2-3,12-14H,4-11H2,1H3. The van der Waals surface area contributed by atoms with Crippen molar-refractivity contribution in [3.63, 3.8) is 0 Å². The van der Waals surface area contributed by atoms with Crippen LogP contribution in [0.25, 0.3) is 10.9 Å². The fourth-order valence-electron chi connectivity index (χ4n) is 3.89. The average Bonchev–Trinajstić information content (AvgIpc) is 2.78. The highest BCUT2D eigenvalue weighted by Gasteiger charge is 2.23. The first-order valence-corrected chi connectivity index (χ1v) is 9.84. The Morgan fingerprint density at radius 1 is 1.00 bits per heavy atom. The van der Waals surface area contributed by atoms with E-state index in [4.69, 9.17) is 4.74 Å². The molecule has 0 bridgehead atoms. The molecule has 0 N–H and O–H groups in total. The van der Waals surface area contributed by atoms with Crippen LogP contribution in [0.15, 0.2) is 24.3 Å². The first-order chi connectivity index (χ1) is 14.1. The van der Waals surface area contributed by atoms with E-state index in [9.17, 15) is 14.4 Å². The number of fused-ring (bicyclic) bond motifs is 1. The van der Waals surface area contributed by atoms with Crippen molar-refractivity contribution >= 4 is 34.7 Å². The molecule has 0 radical (unpaired) electrons. The van der Waals surface area contributed by atoms with Gasteiger partial charge in [-0.1, -0.05) is 0 Å². The van der Waals surface area contributed by atoms with Gasteiger partial charge in [-0.3, -0.25) is 14.4 Å². The molecule has 0 atom stereocenters. The van der Waals surface area contributed by atoms with E-state index in [1.807, 2.05) is 11.0 Å². The molecule has 2 fully saturated rings. The molecule has 0 saturated carbocycles. The summed E-state index contributed by atoms with van der Waals surface area (Å²) in [5.74, 6) is 0.0400. The van der Waals surface area contributed by atoms with Gasteiger partial charge in [0.15, 0.2) is 6.29 Å². The number of morpholine rings is 1. The van der Waals surface area contributed by atoms with Gasteiger partial charge < -0.3 is 19.4 Å². The number of benzene rings is 1. The molecule has 2 aliphatic rings. The van der Waals surface area contributed by atoms with Crippen LogP contribution in [0.4, 0.5) is 5.69 Å². The number of aldehydes is 1. The molecule has 0 spiro atoms. The summed E-state index contributed by atoms with van der Waals surface area (Å²) < 4.78 is 5.33. The molecule has 4 rings (SSSR count). The molecule has 8 nitrogen and oxygen atoms in total. The number of hydrogen-bond acceptors (Lipinski definition) is 6. The SMILES string of the molecule is CC(=O)N1CCN(c2cc(C=O)nc3ccc(C(=O)N4CCOCC4)cc23)CC1. The Bertz CT molecular complexity index is 947. The maximum atomic E-state index is 12.9. The lowest BCUT2D eigenvalue weighted by molar-refractivity contribution is -0.129. The van der Waals surface area contributed by atoms with E-state index in [1.165, 1.54) is 0 Å². The summed E-state index contributed by atoms with van der Waals surface area (Å²) in [6, 6.07) is 7.19. The fourth-order valence-corrected chi connectivity index (χ4v) is 3.89. The van der Waals surface area contributed by atoms with E-state index in [0.29, 0.717) is 69.3 Å². The summed E-state index contributed by atoms with van der Waals surface area (Å²) in [4.78, 5) is 46.1. The van der Waals surface area contributed by atoms with Crippen molar-refractivity contribution in [2.45, 2.75) is 6.92 Å². The van der Waals surface area contributed by atoms with Gasteiger partial charge in [0, 0.05) is 62.8 Å². The number of aromatic nitrogens is 1. The summed E-state index contributed by atoms with van der Waals surface area (Å²) in [6.07, 6.45) is 0.738. The Hall–Kier alpha value is -3.00. The quantitative estimate of drug-likeness (QED) is 0.725. The van der Waals surface area contributed by atoms with Gasteiger partial charge in [-0.2, -0.15) is 0 Å². The third-order valence-corrected chi connectivity index (χ3v) is 5.54. The van der Waals surface area contributed by atoms with E-state index in [2.05, 4.69) is 9.88 Å². The average molecular weight is 396 g/mol. The van der Waals surface area contributed by atoms with Crippen LogP contribution in [-0.4, -0.2) is 85.4 Å². The lowest BCUT2D eigenvalue weighted by Crippen LogP contribution is -2.48. The number of amides is 2. The minimum Gasteiger partial charge on any atom is -0.378 e. The van der Waals surface area contributed by atoms with E-state index in [1.54, 1.807) is 30.0 Å². The lowest BCUT2D eigenvalue weighted by atomic mass is 10.1. The van der Waals surface area contributed by atoms with Crippen molar-refractivity contribution < 1.29 is 19.1 Å². The minimum atomic E-state index is -0.0259. The molecule has 1 aromatic heterocycles.